The molecule has 0 bridgehead atoms. The van der Waals surface area contributed by atoms with Gasteiger partial charge in [0.25, 0.3) is 0 Å². The van der Waals surface area contributed by atoms with Crippen LogP contribution in [0.15, 0.2) is 48.5 Å². The highest BCUT2D eigenvalue weighted by molar-refractivity contribution is 6.33. The van der Waals surface area contributed by atoms with E-state index >= 15 is 0 Å². The molecular weight excluding hydrogens is 462 g/mol. The Labute approximate surface area is 209 Å². The lowest BCUT2D eigenvalue weighted by Crippen LogP contribution is -2.75. The number of likely N-dealkylation sites (N-methyl/N-ethyl adjacent to an activating group) is 1. The van der Waals surface area contributed by atoms with Crippen molar-refractivity contribution < 1.29 is 4.79 Å². The van der Waals surface area contributed by atoms with E-state index in [9.17, 15) is 4.79 Å². The molecule has 1 aliphatic heterocycles. The first kappa shape index (κ1) is 23.3. The van der Waals surface area contributed by atoms with Gasteiger partial charge in [-0.05, 0) is 37.1 Å². The Bertz CT molecular complexity index is 1410. The Balaban J connectivity index is 1.67. The van der Waals surface area contributed by atoms with Crippen molar-refractivity contribution in [1.82, 2.24) is 24.9 Å². The Hall–Kier alpha value is -3.49. The van der Waals surface area contributed by atoms with E-state index in [2.05, 4.69) is 36.5 Å². The maximum atomic E-state index is 12.1. The van der Waals surface area contributed by atoms with Gasteiger partial charge in [-0.3, -0.25) is 4.79 Å². The zero-order valence-corrected chi connectivity index (χ0v) is 20.8. The minimum Gasteiger partial charge on any atom is -0.368 e. The second-order valence-electron chi connectivity index (χ2n) is 8.89. The first-order valence-corrected chi connectivity index (χ1v) is 12.2. The number of benzene rings is 2. The number of nitrogens with two attached hydrogens (primary N) is 1. The lowest BCUT2D eigenvalue weighted by Gasteiger charge is -2.48. The van der Waals surface area contributed by atoms with Gasteiger partial charge >= 0.3 is 0 Å². The van der Waals surface area contributed by atoms with E-state index in [1.165, 1.54) is 5.56 Å². The summed E-state index contributed by atoms with van der Waals surface area (Å²) in [6.45, 7) is 7.47. The number of primary amides is 1. The van der Waals surface area contributed by atoms with Crippen molar-refractivity contribution in [1.29, 1.82) is 0 Å². The molecule has 2 aromatic heterocycles. The number of carbonyl (C=O) groups is 1. The number of halogens is 1. The van der Waals surface area contributed by atoms with Crippen molar-refractivity contribution >= 4 is 29.1 Å². The monoisotopic (exact) mass is 489 g/mol. The van der Waals surface area contributed by atoms with Crippen LogP contribution >= 0.6 is 11.6 Å². The predicted molar refractivity (Wildman–Crippen MR) is 139 cm³/mol. The van der Waals surface area contributed by atoms with Crippen LogP contribution in [-0.2, 0) is 11.2 Å². The molecule has 1 amide bonds. The van der Waals surface area contributed by atoms with Gasteiger partial charge in [-0.25, -0.2) is 0 Å². The van der Waals surface area contributed by atoms with Crippen LogP contribution < -0.4 is 16.0 Å². The highest BCUT2D eigenvalue weighted by Gasteiger charge is 2.48. The number of aromatic nitrogens is 4. The Kier molecular flexibility index (Phi) is 5.94. The lowest BCUT2D eigenvalue weighted by molar-refractivity contribution is -0.125. The molecule has 2 aromatic carbocycles. The number of amides is 1. The van der Waals surface area contributed by atoms with Gasteiger partial charge in [0, 0.05) is 18.7 Å². The second-order valence-corrected chi connectivity index (χ2v) is 9.30. The first-order chi connectivity index (χ1) is 16.9. The van der Waals surface area contributed by atoms with E-state index in [-0.39, 0.29) is 5.91 Å². The van der Waals surface area contributed by atoms with Crippen LogP contribution in [0.4, 0.5) is 5.95 Å². The summed E-state index contributed by atoms with van der Waals surface area (Å²) in [5.74, 6) is 0.868. The fourth-order valence-electron chi connectivity index (χ4n) is 4.65. The maximum Gasteiger partial charge on any atom is 0.241 e. The predicted octanol–water partition coefficient (Wildman–Crippen LogP) is 3.64. The molecule has 0 unspecified atom stereocenters. The average Bonchev–Trinajstić information content (AvgIpc) is 3.21. The number of nitrogens with zero attached hydrogens (tertiary/aromatic N) is 5. The van der Waals surface area contributed by atoms with Crippen molar-refractivity contribution in [2.24, 2.45) is 5.73 Å². The molecular formula is C26H28ClN7O. The molecule has 0 saturated carbocycles. The number of fused-ring (bicyclic) bond motifs is 1. The largest absolute Gasteiger partial charge is 0.368 e. The molecule has 1 saturated heterocycles. The van der Waals surface area contributed by atoms with E-state index in [0.717, 1.165) is 28.8 Å². The third-order valence-corrected chi connectivity index (χ3v) is 6.94. The van der Waals surface area contributed by atoms with Gasteiger partial charge in [-0.15, -0.1) is 0 Å². The zero-order valence-electron chi connectivity index (χ0n) is 20.0. The van der Waals surface area contributed by atoms with E-state index in [4.69, 9.17) is 32.4 Å². The first-order valence-electron chi connectivity index (χ1n) is 11.8. The smallest absolute Gasteiger partial charge is 0.241 e. The van der Waals surface area contributed by atoms with Gasteiger partial charge in [-0.1, -0.05) is 67.9 Å². The highest BCUT2D eigenvalue weighted by atomic mass is 35.5. The molecule has 0 atom stereocenters. The molecule has 0 spiro atoms. The van der Waals surface area contributed by atoms with Gasteiger partial charge in [0.1, 0.15) is 17.1 Å². The fourth-order valence-corrected chi connectivity index (χ4v) is 4.87. The van der Waals surface area contributed by atoms with Crippen LogP contribution in [0.2, 0.25) is 5.02 Å². The normalized spacial score (nSPS) is 14.8. The summed E-state index contributed by atoms with van der Waals surface area (Å²) in [6.07, 6.45) is 0.959. The van der Waals surface area contributed by atoms with Crippen LogP contribution in [0.25, 0.3) is 28.0 Å². The van der Waals surface area contributed by atoms with Crippen molar-refractivity contribution in [2.75, 3.05) is 24.5 Å². The minimum atomic E-state index is -0.764. The molecule has 180 valence electrons. The Morgan fingerprint density at radius 1 is 1.11 bits per heavy atom. The molecule has 9 heteroatoms. The number of hydrogen-bond acceptors (Lipinski definition) is 6. The van der Waals surface area contributed by atoms with Gasteiger partial charge in [0.05, 0.1) is 10.6 Å². The maximum absolute atomic E-state index is 12.1. The van der Waals surface area contributed by atoms with Gasteiger partial charge in [-0.2, -0.15) is 19.6 Å². The molecule has 0 radical (unpaired) electrons. The Morgan fingerprint density at radius 2 is 1.83 bits per heavy atom. The van der Waals surface area contributed by atoms with Crippen LogP contribution in [-0.4, -0.2) is 50.7 Å². The van der Waals surface area contributed by atoms with Gasteiger partial charge in [0.15, 0.2) is 5.65 Å². The number of carbonyl (C=O) groups excluding carboxylic acids is 1. The van der Waals surface area contributed by atoms with Crippen LogP contribution in [0.3, 0.4) is 0 Å². The van der Waals surface area contributed by atoms with Gasteiger partial charge in [0.2, 0.25) is 11.9 Å². The van der Waals surface area contributed by atoms with Crippen molar-refractivity contribution in [3.05, 3.63) is 64.9 Å². The molecule has 35 heavy (non-hydrogen) atoms. The molecule has 3 N–H and O–H groups in total. The van der Waals surface area contributed by atoms with Crippen molar-refractivity contribution in [3.8, 4) is 22.4 Å². The summed E-state index contributed by atoms with van der Waals surface area (Å²) in [7, 11) is 0. The van der Waals surface area contributed by atoms with Crippen LogP contribution in [0, 0.1) is 6.92 Å². The standard InChI is InChI=1S/C26H28ClN7O/c1-4-17-10-12-18(13-11-17)21-22(19-8-6-7-9-20(19)27)32-34-16(3)30-25(31-23(21)34)33-14-26(15-33,24(28)35)29-5-2/h6-13,29H,4-5,14-15H2,1-3H3,(H2,28,35). The second kappa shape index (κ2) is 8.94. The van der Waals surface area contributed by atoms with Crippen LogP contribution in [0.1, 0.15) is 25.2 Å². The third-order valence-electron chi connectivity index (χ3n) is 6.61. The summed E-state index contributed by atoms with van der Waals surface area (Å²) in [6, 6.07) is 16.1. The summed E-state index contributed by atoms with van der Waals surface area (Å²) >= 11 is 6.59. The van der Waals surface area contributed by atoms with Crippen molar-refractivity contribution in [2.45, 2.75) is 32.7 Å². The SMILES string of the molecule is CCNC1(C(N)=O)CN(c2nc(C)n3nc(-c4ccccc4Cl)c(-c4ccc(CC)cc4)c3n2)C1. The molecule has 4 aromatic rings. The number of anilines is 1. The number of aryl methyl sites for hydroxylation is 2. The van der Waals surface area contributed by atoms with Crippen LogP contribution in [0.5, 0.6) is 0 Å². The summed E-state index contributed by atoms with van der Waals surface area (Å²) in [4.78, 5) is 23.7. The summed E-state index contributed by atoms with van der Waals surface area (Å²) < 4.78 is 1.76. The zero-order chi connectivity index (χ0) is 24.7. The molecule has 0 aliphatic carbocycles. The molecule has 1 fully saturated rings. The third kappa shape index (κ3) is 3.92. The topological polar surface area (TPSA) is 101 Å². The number of rotatable bonds is 7. The lowest BCUT2D eigenvalue weighted by atomic mass is 9.89. The summed E-state index contributed by atoms with van der Waals surface area (Å²) in [5.41, 5.74) is 10.3. The fraction of sp³-hybridized carbons (Fsp3) is 0.308. The molecule has 8 nitrogen and oxygen atoms in total. The van der Waals surface area contributed by atoms with Gasteiger partial charge < -0.3 is 16.0 Å². The molecule has 3 heterocycles. The van der Waals surface area contributed by atoms with Crippen molar-refractivity contribution in [3.63, 3.8) is 0 Å². The van der Waals surface area contributed by atoms with E-state index in [0.29, 0.717) is 42.1 Å². The molecule has 1 aliphatic rings. The average molecular weight is 490 g/mol. The number of hydrogen-bond donors (Lipinski definition) is 2. The highest BCUT2D eigenvalue weighted by Crippen LogP contribution is 2.38. The summed E-state index contributed by atoms with van der Waals surface area (Å²) in [5, 5.41) is 8.74. The van der Waals surface area contributed by atoms with E-state index in [1.807, 2.05) is 43.0 Å². The molecule has 5 rings (SSSR count). The van der Waals surface area contributed by atoms with E-state index in [1.54, 1.807) is 4.52 Å². The van der Waals surface area contributed by atoms with E-state index < -0.39 is 5.54 Å². The number of nitrogens with one attached hydrogen (secondary N) is 1. The quantitative estimate of drug-likeness (QED) is 0.411. The minimum absolute atomic E-state index is 0.365. The Morgan fingerprint density at radius 3 is 2.46 bits per heavy atom.